The van der Waals surface area contributed by atoms with E-state index < -0.39 is 17.4 Å². The molecule has 1 rings (SSSR count). The van der Waals surface area contributed by atoms with E-state index in [-0.39, 0.29) is 24.6 Å². The number of amides is 1. The lowest BCUT2D eigenvalue weighted by Crippen LogP contribution is -2.51. The van der Waals surface area contributed by atoms with Crippen molar-refractivity contribution in [1.82, 2.24) is 10.5 Å². The van der Waals surface area contributed by atoms with Gasteiger partial charge in [-0.05, 0) is 12.8 Å². The second-order valence-corrected chi connectivity index (χ2v) is 5.21. The van der Waals surface area contributed by atoms with Crippen LogP contribution in [0.25, 0.3) is 0 Å². The standard InChI is InChI=1S/C13H20N2O5/c1-8(2)13(3,6-11(16)17)14-12(18)10-5-9(7-19-4)20-15-10/h5,8H,6-7H2,1-4H3,(H,14,18)(H,16,17). The molecule has 1 aromatic rings. The van der Waals surface area contributed by atoms with Crippen molar-refractivity contribution in [3.05, 3.63) is 17.5 Å². The summed E-state index contributed by atoms with van der Waals surface area (Å²) in [5.41, 5.74) is -0.752. The quantitative estimate of drug-likeness (QED) is 0.785. The molecule has 0 aliphatic heterocycles. The summed E-state index contributed by atoms with van der Waals surface area (Å²) in [5.74, 6) is -1.05. The zero-order chi connectivity index (χ0) is 15.3. The number of aliphatic carboxylic acids is 1. The van der Waals surface area contributed by atoms with Crippen LogP contribution in [0.1, 0.15) is 43.4 Å². The maximum absolute atomic E-state index is 12.1. The molecular formula is C13H20N2O5. The van der Waals surface area contributed by atoms with Gasteiger partial charge in [0.2, 0.25) is 0 Å². The van der Waals surface area contributed by atoms with Gasteiger partial charge in [0.05, 0.1) is 12.0 Å². The van der Waals surface area contributed by atoms with Crippen molar-refractivity contribution in [2.24, 2.45) is 5.92 Å². The highest BCUT2D eigenvalue weighted by Gasteiger charge is 2.33. The summed E-state index contributed by atoms with van der Waals surface area (Å²) < 4.78 is 9.80. The van der Waals surface area contributed by atoms with E-state index in [2.05, 4.69) is 10.5 Å². The Hall–Kier alpha value is -1.89. The van der Waals surface area contributed by atoms with Gasteiger partial charge in [0.25, 0.3) is 5.91 Å². The second kappa shape index (κ2) is 6.51. The third kappa shape index (κ3) is 4.06. The van der Waals surface area contributed by atoms with E-state index in [1.807, 2.05) is 13.8 Å². The van der Waals surface area contributed by atoms with E-state index in [0.29, 0.717) is 5.76 Å². The molecule has 0 radical (unpaired) electrons. The third-order valence-electron chi connectivity index (χ3n) is 3.27. The predicted octanol–water partition coefficient (Wildman–Crippen LogP) is 1.44. The van der Waals surface area contributed by atoms with Gasteiger partial charge in [-0.1, -0.05) is 19.0 Å². The summed E-state index contributed by atoms with van der Waals surface area (Å²) in [4.78, 5) is 23.0. The van der Waals surface area contributed by atoms with Crippen molar-refractivity contribution in [1.29, 1.82) is 0 Å². The van der Waals surface area contributed by atoms with Crippen LogP contribution in [-0.4, -0.2) is 34.8 Å². The fraction of sp³-hybridized carbons (Fsp3) is 0.615. The molecule has 20 heavy (non-hydrogen) atoms. The maximum atomic E-state index is 12.1. The lowest BCUT2D eigenvalue weighted by molar-refractivity contribution is -0.138. The highest BCUT2D eigenvalue weighted by atomic mass is 16.5. The number of hydrogen-bond donors (Lipinski definition) is 2. The number of carboxylic acid groups (broad SMARTS) is 1. The number of aromatic nitrogens is 1. The second-order valence-electron chi connectivity index (χ2n) is 5.21. The lowest BCUT2D eigenvalue weighted by atomic mass is 9.85. The van der Waals surface area contributed by atoms with Gasteiger partial charge in [0.15, 0.2) is 11.5 Å². The molecule has 0 fully saturated rings. The Morgan fingerprint density at radius 3 is 2.70 bits per heavy atom. The summed E-state index contributed by atoms with van der Waals surface area (Å²) in [7, 11) is 1.50. The average molecular weight is 284 g/mol. The molecule has 0 spiro atoms. The maximum Gasteiger partial charge on any atom is 0.305 e. The Morgan fingerprint density at radius 2 is 2.20 bits per heavy atom. The van der Waals surface area contributed by atoms with Crippen LogP contribution < -0.4 is 5.32 Å². The predicted molar refractivity (Wildman–Crippen MR) is 70.2 cm³/mol. The van der Waals surface area contributed by atoms with Crippen LogP contribution in [0.4, 0.5) is 0 Å². The summed E-state index contributed by atoms with van der Waals surface area (Å²) in [6, 6.07) is 1.47. The van der Waals surface area contributed by atoms with Gasteiger partial charge < -0.3 is 19.7 Å². The number of methoxy groups -OCH3 is 1. The fourth-order valence-electron chi connectivity index (χ4n) is 1.66. The fourth-order valence-corrected chi connectivity index (χ4v) is 1.66. The molecule has 7 heteroatoms. The Balaban J connectivity index is 2.82. The van der Waals surface area contributed by atoms with E-state index >= 15 is 0 Å². The minimum Gasteiger partial charge on any atom is -0.481 e. The van der Waals surface area contributed by atoms with Gasteiger partial charge in [0.1, 0.15) is 6.61 Å². The Kier molecular flexibility index (Phi) is 5.26. The smallest absolute Gasteiger partial charge is 0.305 e. The zero-order valence-corrected chi connectivity index (χ0v) is 12.1. The molecule has 0 saturated carbocycles. The summed E-state index contributed by atoms with van der Waals surface area (Å²) in [5, 5.41) is 15.3. The molecule has 1 heterocycles. The number of carbonyl (C=O) groups is 2. The molecule has 0 bridgehead atoms. The minimum absolute atomic E-state index is 0.0482. The molecule has 7 nitrogen and oxygen atoms in total. The molecule has 1 unspecified atom stereocenters. The molecule has 0 saturated heterocycles. The molecular weight excluding hydrogens is 264 g/mol. The van der Waals surface area contributed by atoms with Gasteiger partial charge in [-0.2, -0.15) is 0 Å². The van der Waals surface area contributed by atoms with Crippen molar-refractivity contribution in [2.45, 2.75) is 39.3 Å². The first-order valence-corrected chi connectivity index (χ1v) is 6.27. The van der Waals surface area contributed by atoms with Gasteiger partial charge in [-0.3, -0.25) is 9.59 Å². The first kappa shape index (κ1) is 16.2. The first-order chi connectivity index (χ1) is 9.28. The van der Waals surface area contributed by atoms with Crippen molar-refractivity contribution < 1.29 is 24.0 Å². The van der Waals surface area contributed by atoms with Crippen LogP contribution in [0.15, 0.2) is 10.6 Å². The zero-order valence-electron chi connectivity index (χ0n) is 12.1. The van der Waals surface area contributed by atoms with Crippen LogP contribution in [0.3, 0.4) is 0 Å². The molecule has 0 aromatic carbocycles. The van der Waals surface area contributed by atoms with Crippen LogP contribution in [0, 0.1) is 5.92 Å². The minimum atomic E-state index is -0.971. The number of nitrogens with zero attached hydrogens (tertiary/aromatic N) is 1. The Labute approximate surface area is 117 Å². The van der Waals surface area contributed by atoms with Crippen LogP contribution in [0.2, 0.25) is 0 Å². The summed E-state index contributed by atoms with van der Waals surface area (Å²) in [6.07, 6.45) is -0.167. The van der Waals surface area contributed by atoms with Crippen molar-refractivity contribution in [3.63, 3.8) is 0 Å². The van der Waals surface area contributed by atoms with Crippen LogP contribution in [-0.2, 0) is 16.1 Å². The van der Waals surface area contributed by atoms with E-state index in [1.54, 1.807) is 6.92 Å². The molecule has 0 aliphatic carbocycles. The lowest BCUT2D eigenvalue weighted by Gasteiger charge is -2.33. The van der Waals surface area contributed by atoms with Crippen molar-refractivity contribution in [2.75, 3.05) is 7.11 Å². The van der Waals surface area contributed by atoms with Gasteiger partial charge in [0, 0.05) is 13.2 Å². The molecule has 112 valence electrons. The topological polar surface area (TPSA) is 102 Å². The number of ether oxygens (including phenoxy) is 1. The average Bonchev–Trinajstić information content (AvgIpc) is 2.76. The van der Waals surface area contributed by atoms with Crippen LogP contribution in [0.5, 0.6) is 0 Å². The van der Waals surface area contributed by atoms with E-state index in [9.17, 15) is 9.59 Å². The van der Waals surface area contributed by atoms with E-state index in [4.69, 9.17) is 14.4 Å². The first-order valence-electron chi connectivity index (χ1n) is 6.27. The third-order valence-corrected chi connectivity index (χ3v) is 3.27. The number of hydrogen-bond acceptors (Lipinski definition) is 5. The molecule has 0 aliphatic rings. The normalized spacial score (nSPS) is 14.1. The summed E-state index contributed by atoms with van der Waals surface area (Å²) >= 11 is 0. The van der Waals surface area contributed by atoms with Crippen molar-refractivity contribution >= 4 is 11.9 Å². The van der Waals surface area contributed by atoms with Crippen molar-refractivity contribution in [3.8, 4) is 0 Å². The van der Waals surface area contributed by atoms with Gasteiger partial charge >= 0.3 is 5.97 Å². The van der Waals surface area contributed by atoms with E-state index in [1.165, 1.54) is 13.2 Å². The number of carboxylic acids is 1. The largest absolute Gasteiger partial charge is 0.481 e. The molecule has 1 amide bonds. The molecule has 1 aromatic heterocycles. The number of rotatable bonds is 7. The highest BCUT2D eigenvalue weighted by Crippen LogP contribution is 2.21. The SMILES string of the molecule is COCc1cc(C(=O)NC(C)(CC(=O)O)C(C)C)no1. The van der Waals surface area contributed by atoms with E-state index in [0.717, 1.165) is 0 Å². The van der Waals surface area contributed by atoms with Crippen LogP contribution >= 0.6 is 0 Å². The molecule has 2 N–H and O–H groups in total. The summed E-state index contributed by atoms with van der Waals surface area (Å²) in [6.45, 7) is 5.61. The highest BCUT2D eigenvalue weighted by molar-refractivity contribution is 5.93. The monoisotopic (exact) mass is 284 g/mol. The van der Waals surface area contributed by atoms with Gasteiger partial charge in [-0.25, -0.2) is 0 Å². The van der Waals surface area contributed by atoms with Gasteiger partial charge in [-0.15, -0.1) is 0 Å². The number of carbonyl (C=O) groups excluding carboxylic acids is 1. The Morgan fingerprint density at radius 1 is 1.55 bits per heavy atom. The Bertz CT molecular complexity index is 483. The number of nitrogens with one attached hydrogen (secondary N) is 1. The molecule has 1 atom stereocenters.